The van der Waals surface area contributed by atoms with Crippen LogP contribution >= 0.6 is 0 Å². The number of carbonyl (C=O) groups is 5. The van der Waals surface area contributed by atoms with Crippen LogP contribution in [0, 0.1) is 17.7 Å². The van der Waals surface area contributed by atoms with E-state index in [1.165, 1.54) is 6.07 Å². The minimum absolute atomic E-state index is 0.0294. The van der Waals surface area contributed by atoms with Crippen LogP contribution in [0.5, 0.6) is 0 Å². The van der Waals surface area contributed by atoms with Crippen LogP contribution in [0.1, 0.15) is 56.9 Å². The summed E-state index contributed by atoms with van der Waals surface area (Å²) >= 11 is 0. The molecule has 3 atom stereocenters. The molecule has 4 aliphatic heterocycles. The maximum absolute atomic E-state index is 15.4. The van der Waals surface area contributed by atoms with Crippen LogP contribution in [0.4, 0.5) is 15.9 Å². The van der Waals surface area contributed by atoms with Gasteiger partial charge in [-0.3, -0.25) is 39.1 Å². The highest BCUT2D eigenvalue weighted by Crippen LogP contribution is 2.43. The van der Waals surface area contributed by atoms with Gasteiger partial charge in [0.2, 0.25) is 11.8 Å². The minimum atomic E-state index is -1.08. The monoisotopic (exact) mass is 575 g/mol. The molecule has 1 N–H and O–H groups in total. The number of aldehydes is 1. The number of benzene rings is 1. The lowest BCUT2D eigenvalue weighted by molar-refractivity contribution is -0.136. The zero-order chi connectivity index (χ0) is 29.1. The molecular weight excluding hydrogens is 545 g/mol. The molecule has 1 aliphatic carbocycles. The van der Waals surface area contributed by atoms with Crippen LogP contribution in [0.15, 0.2) is 24.3 Å². The lowest BCUT2D eigenvalue weighted by Crippen LogP contribution is -2.54. The predicted molar refractivity (Wildman–Crippen MR) is 146 cm³/mol. The van der Waals surface area contributed by atoms with Crippen molar-refractivity contribution in [3.05, 3.63) is 46.9 Å². The number of hydrogen-bond acceptors (Lipinski definition) is 10. The molecule has 218 valence electrons. The lowest BCUT2D eigenvalue weighted by Gasteiger charge is -2.39. The first-order valence-electron chi connectivity index (χ1n) is 14.4. The van der Waals surface area contributed by atoms with Gasteiger partial charge in [0.1, 0.15) is 17.6 Å². The Balaban J connectivity index is 0.986. The van der Waals surface area contributed by atoms with Crippen molar-refractivity contribution in [1.29, 1.82) is 0 Å². The number of piperazine rings is 1. The van der Waals surface area contributed by atoms with Crippen LogP contribution in [0.25, 0.3) is 0 Å². The van der Waals surface area contributed by atoms with Gasteiger partial charge in [-0.15, -0.1) is 10.2 Å². The van der Waals surface area contributed by atoms with Crippen molar-refractivity contribution < 1.29 is 28.4 Å². The summed E-state index contributed by atoms with van der Waals surface area (Å²) in [5.41, 5.74) is 0.675. The number of anilines is 2. The molecular formula is C29H30FN7O5. The van der Waals surface area contributed by atoms with E-state index in [0.717, 1.165) is 55.8 Å². The number of hydrogen-bond donors (Lipinski definition) is 1. The number of carbonyl (C=O) groups excluding carboxylic acids is 5. The summed E-state index contributed by atoms with van der Waals surface area (Å²) in [6, 6.07) is 5.46. The molecule has 5 heterocycles. The van der Waals surface area contributed by atoms with E-state index in [0.29, 0.717) is 48.6 Å². The Morgan fingerprint density at radius 2 is 1.57 bits per heavy atom. The number of amides is 4. The molecule has 1 aromatic heterocycles. The molecule has 3 saturated heterocycles. The number of fused-ring (bicyclic) bond motifs is 2. The number of nitrogens with one attached hydrogen (secondary N) is 1. The van der Waals surface area contributed by atoms with Gasteiger partial charge in [0, 0.05) is 51.7 Å². The minimum Gasteiger partial charge on any atom is -0.369 e. The third-order valence-electron chi connectivity index (χ3n) is 9.52. The van der Waals surface area contributed by atoms with Gasteiger partial charge < -0.3 is 9.80 Å². The maximum atomic E-state index is 15.4. The molecule has 1 aromatic carbocycles. The van der Waals surface area contributed by atoms with E-state index in [2.05, 4.69) is 25.3 Å². The molecule has 3 unspecified atom stereocenters. The second-order valence-corrected chi connectivity index (χ2v) is 11.8. The molecule has 13 heteroatoms. The van der Waals surface area contributed by atoms with Gasteiger partial charge in [-0.25, -0.2) is 4.39 Å². The van der Waals surface area contributed by atoms with Crippen molar-refractivity contribution in [2.45, 2.75) is 37.8 Å². The van der Waals surface area contributed by atoms with Crippen molar-refractivity contribution in [1.82, 2.24) is 25.3 Å². The van der Waals surface area contributed by atoms with Crippen molar-refractivity contribution >= 4 is 41.4 Å². The Bertz CT molecular complexity index is 1480. The Kier molecular flexibility index (Phi) is 6.48. The molecule has 2 aromatic rings. The number of nitrogens with zero attached hydrogens (tertiary/aromatic N) is 6. The largest absolute Gasteiger partial charge is 0.369 e. The normalized spacial score (nSPS) is 27.9. The van der Waals surface area contributed by atoms with Gasteiger partial charge in [0.15, 0.2) is 12.1 Å². The molecule has 0 spiro atoms. The lowest BCUT2D eigenvalue weighted by atomic mass is 10.0. The molecule has 0 bridgehead atoms. The number of imide groups is 2. The SMILES string of the molecule is O=Cc1ccc(N2CCN(C3CC4CN(c5cc6c(cc5F)C(=O)N(C5CCC(=O)NC5=O)C6=O)CC4C3)CC2)nn1. The van der Waals surface area contributed by atoms with E-state index in [1.54, 1.807) is 6.07 Å². The fraction of sp³-hybridized carbons (Fsp3) is 0.483. The van der Waals surface area contributed by atoms with Gasteiger partial charge in [0.05, 0.1) is 16.8 Å². The van der Waals surface area contributed by atoms with Crippen molar-refractivity contribution in [3.63, 3.8) is 0 Å². The van der Waals surface area contributed by atoms with Gasteiger partial charge in [-0.05, 0) is 55.4 Å². The number of piperidine rings is 1. The zero-order valence-electron chi connectivity index (χ0n) is 22.9. The average molecular weight is 576 g/mol. The van der Waals surface area contributed by atoms with Gasteiger partial charge in [-0.2, -0.15) is 0 Å². The second kappa shape index (κ2) is 10.2. The number of rotatable bonds is 5. The first-order chi connectivity index (χ1) is 20.3. The molecule has 4 fully saturated rings. The molecule has 42 heavy (non-hydrogen) atoms. The third-order valence-corrected chi connectivity index (χ3v) is 9.52. The smallest absolute Gasteiger partial charge is 0.262 e. The van der Waals surface area contributed by atoms with E-state index >= 15 is 4.39 Å². The van der Waals surface area contributed by atoms with Gasteiger partial charge >= 0.3 is 0 Å². The highest BCUT2D eigenvalue weighted by molar-refractivity contribution is 6.23. The first kappa shape index (κ1) is 26.6. The second-order valence-electron chi connectivity index (χ2n) is 11.8. The van der Waals surface area contributed by atoms with Crippen LogP contribution in [-0.4, -0.2) is 101 Å². The van der Waals surface area contributed by atoms with Crippen LogP contribution < -0.4 is 15.1 Å². The topological polar surface area (TPSA) is 136 Å². The van der Waals surface area contributed by atoms with Crippen LogP contribution in [0.3, 0.4) is 0 Å². The summed E-state index contributed by atoms with van der Waals surface area (Å²) in [5, 5.41) is 10.3. The van der Waals surface area contributed by atoms with E-state index < -0.39 is 35.5 Å². The Hall–Kier alpha value is -4.26. The fourth-order valence-corrected chi connectivity index (χ4v) is 7.37. The van der Waals surface area contributed by atoms with E-state index in [-0.39, 0.29) is 24.0 Å². The predicted octanol–water partition coefficient (Wildman–Crippen LogP) is 0.866. The summed E-state index contributed by atoms with van der Waals surface area (Å²) in [5.74, 6) is -1.45. The van der Waals surface area contributed by atoms with Crippen molar-refractivity contribution in [2.24, 2.45) is 11.8 Å². The fourth-order valence-electron chi connectivity index (χ4n) is 7.37. The zero-order valence-corrected chi connectivity index (χ0v) is 22.9. The molecule has 7 rings (SSSR count). The van der Waals surface area contributed by atoms with Crippen LogP contribution in [0.2, 0.25) is 0 Å². The molecule has 12 nitrogen and oxygen atoms in total. The summed E-state index contributed by atoms with van der Waals surface area (Å²) in [4.78, 5) is 68.5. The highest BCUT2D eigenvalue weighted by Gasteiger charge is 2.47. The molecule has 1 saturated carbocycles. The number of aromatic nitrogens is 2. The first-order valence-corrected chi connectivity index (χ1v) is 14.4. The van der Waals surface area contributed by atoms with Gasteiger partial charge in [-0.1, -0.05) is 0 Å². The standard InChI is InChI=1S/C29H30FN7O5/c30-22-11-20-21(29(42)37(28(20)41)23-2-4-26(39)31-27(23)40)12-24(22)36-13-16-9-19(10-17(16)14-36)34-5-7-35(8-6-34)25-3-1-18(15-38)32-33-25/h1,3,11-12,15-17,19,23H,2,4-10,13-14H2,(H,31,39,40). The average Bonchev–Trinajstić information content (AvgIpc) is 3.64. The van der Waals surface area contributed by atoms with Gasteiger partial charge in [0.25, 0.3) is 11.8 Å². The van der Waals surface area contributed by atoms with E-state index in [9.17, 15) is 24.0 Å². The number of halogens is 1. The van der Waals surface area contributed by atoms with E-state index in [1.807, 2.05) is 11.0 Å². The highest BCUT2D eigenvalue weighted by atomic mass is 19.1. The molecule has 5 aliphatic rings. The summed E-state index contributed by atoms with van der Waals surface area (Å²) < 4.78 is 15.4. The Morgan fingerprint density at radius 1 is 0.881 bits per heavy atom. The molecule has 0 radical (unpaired) electrons. The third kappa shape index (κ3) is 4.42. The van der Waals surface area contributed by atoms with Crippen LogP contribution in [-0.2, 0) is 9.59 Å². The summed E-state index contributed by atoms with van der Waals surface area (Å²) in [6.07, 6.45) is 2.80. The Labute approximate surface area is 240 Å². The van der Waals surface area contributed by atoms with E-state index in [4.69, 9.17) is 0 Å². The summed E-state index contributed by atoms with van der Waals surface area (Å²) in [7, 11) is 0. The molecule has 4 amide bonds. The summed E-state index contributed by atoms with van der Waals surface area (Å²) in [6.45, 7) is 4.82. The quantitative estimate of drug-likeness (QED) is 0.404. The van der Waals surface area contributed by atoms with Crippen molar-refractivity contribution in [3.8, 4) is 0 Å². The van der Waals surface area contributed by atoms with Crippen molar-refractivity contribution in [2.75, 3.05) is 49.1 Å². The Morgan fingerprint density at radius 3 is 2.19 bits per heavy atom. The maximum Gasteiger partial charge on any atom is 0.262 e.